The second kappa shape index (κ2) is 7.12. The van der Waals surface area contributed by atoms with Crippen LogP contribution >= 0.6 is 0 Å². The van der Waals surface area contributed by atoms with Gasteiger partial charge in [-0.25, -0.2) is 0 Å². The number of hydrogen-bond acceptors (Lipinski definition) is 2. The molecule has 0 bridgehead atoms. The van der Waals surface area contributed by atoms with Crippen molar-refractivity contribution in [1.29, 1.82) is 0 Å². The lowest BCUT2D eigenvalue weighted by Crippen LogP contribution is -2.48. The van der Waals surface area contributed by atoms with Crippen molar-refractivity contribution in [1.82, 2.24) is 0 Å². The lowest BCUT2D eigenvalue weighted by molar-refractivity contribution is 0.266. The first-order valence-electron chi connectivity index (χ1n) is 8.34. The minimum absolute atomic E-state index is 0.432. The highest BCUT2D eigenvalue weighted by Crippen LogP contribution is 2.45. The summed E-state index contributed by atoms with van der Waals surface area (Å²) in [5.74, 6) is 2.39. The number of hydrogen-bond donors (Lipinski definition) is 1. The molecule has 2 nitrogen and oxygen atoms in total. The summed E-state index contributed by atoms with van der Waals surface area (Å²) in [6, 6.07) is 0. The van der Waals surface area contributed by atoms with Gasteiger partial charge in [-0.3, -0.25) is 0 Å². The number of allylic oxidation sites excluding steroid dienone is 1. The molecule has 0 aromatic carbocycles. The van der Waals surface area contributed by atoms with Gasteiger partial charge in [-0.2, -0.15) is 0 Å². The molecule has 1 rings (SSSR count). The van der Waals surface area contributed by atoms with E-state index in [-0.39, 0.29) is 0 Å². The molecule has 0 spiro atoms. The van der Waals surface area contributed by atoms with Gasteiger partial charge < -0.3 is 10.2 Å². The Balaban J connectivity index is 3.06. The van der Waals surface area contributed by atoms with Gasteiger partial charge in [-0.15, -0.1) is 0 Å². The first-order chi connectivity index (χ1) is 9.25. The molecule has 0 saturated carbocycles. The van der Waals surface area contributed by atoms with E-state index in [1.807, 2.05) is 0 Å². The summed E-state index contributed by atoms with van der Waals surface area (Å²) in [5, 5.41) is 0. The lowest BCUT2D eigenvalue weighted by atomic mass is 9.86. The Morgan fingerprint density at radius 2 is 1.65 bits per heavy atom. The Morgan fingerprint density at radius 3 is 2.05 bits per heavy atom. The third-order valence-corrected chi connectivity index (χ3v) is 11.1. The van der Waals surface area contributed by atoms with Crippen molar-refractivity contribution < 1.29 is 4.43 Å². The van der Waals surface area contributed by atoms with E-state index < -0.39 is 8.32 Å². The fourth-order valence-corrected chi connectivity index (χ4v) is 9.44. The van der Waals surface area contributed by atoms with Gasteiger partial charge >= 0.3 is 0 Å². The summed E-state index contributed by atoms with van der Waals surface area (Å²) < 4.78 is 6.84. The Morgan fingerprint density at radius 1 is 1.15 bits per heavy atom. The molecule has 0 radical (unpaired) electrons. The zero-order chi connectivity index (χ0) is 15.5. The molecule has 0 saturated heterocycles. The van der Waals surface area contributed by atoms with E-state index in [9.17, 15) is 0 Å². The van der Waals surface area contributed by atoms with Crippen LogP contribution in [0.25, 0.3) is 0 Å². The van der Waals surface area contributed by atoms with E-state index in [1.54, 1.807) is 0 Å². The van der Waals surface area contributed by atoms with Gasteiger partial charge in [0.25, 0.3) is 8.32 Å². The minimum Gasteiger partial charge on any atom is -0.546 e. The number of rotatable bonds is 6. The van der Waals surface area contributed by atoms with Crippen LogP contribution in [-0.2, 0) is 4.43 Å². The quantitative estimate of drug-likeness (QED) is 0.695. The van der Waals surface area contributed by atoms with Gasteiger partial charge in [-0.05, 0) is 41.5 Å². The Kier molecular flexibility index (Phi) is 6.33. The summed E-state index contributed by atoms with van der Waals surface area (Å²) in [7, 11) is -1.82. The summed E-state index contributed by atoms with van der Waals surface area (Å²) in [4.78, 5) is 0. The van der Waals surface area contributed by atoms with Crippen molar-refractivity contribution in [3.63, 3.8) is 0 Å². The van der Waals surface area contributed by atoms with E-state index >= 15 is 0 Å². The molecule has 20 heavy (non-hydrogen) atoms. The predicted octanol–water partition coefficient (Wildman–Crippen LogP) is 5.07. The van der Waals surface area contributed by atoms with E-state index in [2.05, 4.69) is 54.5 Å². The zero-order valence-corrected chi connectivity index (χ0v) is 15.6. The second-order valence-corrected chi connectivity index (χ2v) is 12.9. The first-order valence-corrected chi connectivity index (χ1v) is 10.5. The topological polar surface area (TPSA) is 35.2 Å². The molecular formula is C17H35NOSi. The smallest absolute Gasteiger partial charge is 0.258 e. The van der Waals surface area contributed by atoms with Crippen molar-refractivity contribution in [2.24, 2.45) is 17.6 Å². The fourth-order valence-electron chi connectivity index (χ4n) is 4.08. The van der Waals surface area contributed by atoms with Crippen LogP contribution in [0.3, 0.4) is 0 Å². The molecule has 118 valence electrons. The highest BCUT2D eigenvalue weighted by atomic mass is 28.4. The van der Waals surface area contributed by atoms with Gasteiger partial charge in [0.05, 0.1) is 5.76 Å². The highest BCUT2D eigenvalue weighted by molar-refractivity contribution is 6.77. The van der Waals surface area contributed by atoms with E-state index in [4.69, 9.17) is 10.2 Å². The normalized spacial score (nSPS) is 24.4. The van der Waals surface area contributed by atoms with Gasteiger partial charge in [-0.1, -0.05) is 48.5 Å². The largest absolute Gasteiger partial charge is 0.546 e. The standard InChI is InChI=1S/C17H35NOSi/c1-12(2)20(13(3)4,14(5)6)19-17-9-8-15(7)10-16(17)11-18/h9,12-16H,8,10-11,18H2,1-7H3. The number of nitrogens with two attached hydrogens (primary N) is 1. The van der Waals surface area contributed by atoms with E-state index in [0.717, 1.165) is 18.9 Å². The predicted molar refractivity (Wildman–Crippen MR) is 91.2 cm³/mol. The average Bonchev–Trinajstić information content (AvgIpc) is 2.35. The van der Waals surface area contributed by atoms with E-state index in [1.165, 1.54) is 12.2 Å². The highest BCUT2D eigenvalue weighted by Gasteiger charge is 2.48. The van der Waals surface area contributed by atoms with Crippen LogP contribution in [0.2, 0.25) is 16.6 Å². The molecule has 0 aromatic rings. The third kappa shape index (κ3) is 3.48. The Bertz CT molecular complexity index is 314. The molecule has 2 N–H and O–H groups in total. The lowest BCUT2D eigenvalue weighted by Gasteiger charge is -2.45. The van der Waals surface area contributed by atoms with Crippen LogP contribution in [0.15, 0.2) is 11.8 Å². The molecule has 0 heterocycles. The van der Waals surface area contributed by atoms with E-state index in [0.29, 0.717) is 22.5 Å². The van der Waals surface area contributed by atoms with Crippen molar-refractivity contribution >= 4 is 8.32 Å². The van der Waals surface area contributed by atoms with Crippen LogP contribution in [0.1, 0.15) is 61.3 Å². The summed E-state index contributed by atoms with van der Waals surface area (Å²) in [6.07, 6.45) is 4.66. The van der Waals surface area contributed by atoms with Crippen molar-refractivity contribution in [2.75, 3.05) is 6.54 Å². The van der Waals surface area contributed by atoms with Gasteiger partial charge in [0.15, 0.2) is 0 Å². The monoisotopic (exact) mass is 297 g/mol. The maximum absolute atomic E-state index is 6.84. The zero-order valence-electron chi connectivity index (χ0n) is 14.6. The maximum atomic E-state index is 6.84. The molecular weight excluding hydrogens is 262 g/mol. The molecule has 1 aliphatic rings. The minimum atomic E-state index is -1.82. The van der Waals surface area contributed by atoms with Crippen LogP contribution in [0.5, 0.6) is 0 Å². The molecule has 2 unspecified atom stereocenters. The SMILES string of the molecule is CC1CC=C(O[Si](C(C)C)(C(C)C)C(C)C)C(CN)C1. The van der Waals surface area contributed by atoms with Crippen molar-refractivity contribution in [2.45, 2.75) is 77.9 Å². The summed E-state index contributed by atoms with van der Waals surface area (Å²) in [6.45, 7) is 17.1. The van der Waals surface area contributed by atoms with Crippen LogP contribution in [0, 0.1) is 11.8 Å². The van der Waals surface area contributed by atoms with Gasteiger partial charge in [0.2, 0.25) is 0 Å². The molecule has 3 heteroatoms. The third-order valence-electron chi connectivity index (χ3n) is 5.10. The molecule has 0 aromatic heterocycles. The van der Waals surface area contributed by atoms with Crippen LogP contribution in [0.4, 0.5) is 0 Å². The van der Waals surface area contributed by atoms with Crippen LogP contribution in [-0.4, -0.2) is 14.9 Å². The molecule has 2 atom stereocenters. The van der Waals surface area contributed by atoms with Gasteiger partial charge in [0, 0.05) is 12.5 Å². The van der Waals surface area contributed by atoms with Crippen LogP contribution < -0.4 is 5.73 Å². The maximum Gasteiger partial charge on any atom is 0.258 e. The van der Waals surface area contributed by atoms with Crippen molar-refractivity contribution in [3.05, 3.63) is 11.8 Å². The fraction of sp³-hybridized carbons (Fsp3) is 0.882. The van der Waals surface area contributed by atoms with Gasteiger partial charge in [0.1, 0.15) is 0 Å². The molecule has 0 amide bonds. The summed E-state index contributed by atoms with van der Waals surface area (Å²) in [5.41, 5.74) is 7.88. The summed E-state index contributed by atoms with van der Waals surface area (Å²) >= 11 is 0. The first kappa shape index (κ1) is 17.8. The second-order valence-electron chi connectivity index (χ2n) is 7.54. The molecule has 0 aliphatic heterocycles. The molecule has 0 fully saturated rings. The Labute approximate surface area is 127 Å². The Hall–Kier alpha value is -0.283. The molecule has 1 aliphatic carbocycles. The average molecular weight is 298 g/mol. The van der Waals surface area contributed by atoms with Crippen molar-refractivity contribution in [3.8, 4) is 0 Å².